The molecule has 2 N–H and O–H groups in total. The molecule has 0 spiro atoms. The van der Waals surface area contributed by atoms with E-state index >= 15 is 0 Å². The number of rotatable bonds is 2. The molecule has 2 aromatic rings. The van der Waals surface area contributed by atoms with Gasteiger partial charge in [0.1, 0.15) is 0 Å². The van der Waals surface area contributed by atoms with E-state index in [0.717, 1.165) is 0 Å². The first-order valence-corrected chi connectivity index (χ1v) is 4.83. The van der Waals surface area contributed by atoms with Crippen molar-refractivity contribution in [3.05, 3.63) is 53.9 Å². The van der Waals surface area contributed by atoms with Crippen molar-refractivity contribution in [2.24, 2.45) is 0 Å². The molecule has 1 aromatic heterocycles. The van der Waals surface area contributed by atoms with Crippen LogP contribution in [0.1, 0.15) is 20.7 Å². The number of aromatic amines is 1. The Morgan fingerprint density at radius 2 is 1.94 bits per heavy atom. The van der Waals surface area contributed by atoms with Gasteiger partial charge in [0, 0.05) is 6.20 Å². The molecule has 6 nitrogen and oxygen atoms in total. The molecule has 1 heterocycles. The van der Waals surface area contributed by atoms with E-state index in [-0.39, 0.29) is 5.56 Å². The summed E-state index contributed by atoms with van der Waals surface area (Å²) < 4.78 is 0. The van der Waals surface area contributed by atoms with Crippen molar-refractivity contribution in [1.29, 1.82) is 0 Å². The van der Waals surface area contributed by atoms with Gasteiger partial charge in [0.15, 0.2) is 0 Å². The summed E-state index contributed by atoms with van der Waals surface area (Å²) in [6.07, 6.45) is 2.72. The van der Waals surface area contributed by atoms with Gasteiger partial charge < -0.3 is 4.84 Å². The molecule has 0 unspecified atom stereocenters. The highest BCUT2D eigenvalue weighted by Crippen LogP contribution is 2.00. The van der Waals surface area contributed by atoms with E-state index in [1.165, 1.54) is 12.4 Å². The number of benzene rings is 1. The number of nitrogens with one attached hydrogen (secondary N) is 2. The van der Waals surface area contributed by atoms with E-state index in [0.29, 0.717) is 5.56 Å². The summed E-state index contributed by atoms with van der Waals surface area (Å²) in [6.45, 7) is 0. The molecule has 2 rings (SSSR count). The molecule has 0 aliphatic rings. The van der Waals surface area contributed by atoms with E-state index < -0.39 is 11.9 Å². The minimum Gasteiger partial charge on any atom is -0.335 e. The SMILES string of the molecule is O=C(NOC(=O)c1ccccc1)c1cn[nH]c1. The Morgan fingerprint density at radius 3 is 2.59 bits per heavy atom. The van der Waals surface area contributed by atoms with Crippen LogP contribution in [0.3, 0.4) is 0 Å². The predicted molar refractivity (Wildman–Crippen MR) is 57.9 cm³/mol. The summed E-state index contributed by atoms with van der Waals surface area (Å²) in [5.41, 5.74) is 2.68. The van der Waals surface area contributed by atoms with E-state index in [1.54, 1.807) is 30.3 Å². The van der Waals surface area contributed by atoms with Crippen molar-refractivity contribution >= 4 is 11.9 Å². The van der Waals surface area contributed by atoms with Gasteiger partial charge in [-0.3, -0.25) is 9.89 Å². The molecule has 1 amide bonds. The molecule has 0 aliphatic carbocycles. The fraction of sp³-hybridized carbons (Fsp3) is 0. The number of nitrogens with zero attached hydrogens (tertiary/aromatic N) is 1. The number of aromatic nitrogens is 2. The van der Waals surface area contributed by atoms with Crippen molar-refractivity contribution in [3.63, 3.8) is 0 Å². The van der Waals surface area contributed by atoms with Gasteiger partial charge in [-0.25, -0.2) is 4.79 Å². The fourth-order valence-corrected chi connectivity index (χ4v) is 1.16. The van der Waals surface area contributed by atoms with Crippen LogP contribution >= 0.6 is 0 Å². The van der Waals surface area contributed by atoms with Crippen LogP contribution in [0.4, 0.5) is 0 Å². The number of carbonyl (C=O) groups is 2. The molecule has 0 atom stereocenters. The van der Waals surface area contributed by atoms with Gasteiger partial charge in [-0.2, -0.15) is 10.6 Å². The lowest BCUT2D eigenvalue weighted by atomic mass is 10.2. The molecule has 86 valence electrons. The summed E-state index contributed by atoms with van der Waals surface area (Å²) in [5.74, 6) is -1.16. The Balaban J connectivity index is 1.91. The molecule has 0 aliphatic heterocycles. The van der Waals surface area contributed by atoms with Crippen LogP contribution in [0.25, 0.3) is 0 Å². The number of hydrogen-bond acceptors (Lipinski definition) is 4. The maximum absolute atomic E-state index is 11.5. The monoisotopic (exact) mass is 231 g/mol. The third kappa shape index (κ3) is 2.69. The van der Waals surface area contributed by atoms with Crippen molar-refractivity contribution in [2.75, 3.05) is 0 Å². The maximum Gasteiger partial charge on any atom is 0.362 e. The molecule has 6 heteroatoms. The molecule has 17 heavy (non-hydrogen) atoms. The van der Waals surface area contributed by atoms with Crippen molar-refractivity contribution in [1.82, 2.24) is 15.7 Å². The van der Waals surface area contributed by atoms with E-state index in [2.05, 4.69) is 15.0 Å². The van der Waals surface area contributed by atoms with Crippen LogP contribution in [-0.4, -0.2) is 22.1 Å². The van der Waals surface area contributed by atoms with Gasteiger partial charge >= 0.3 is 5.97 Å². The second kappa shape index (κ2) is 4.93. The second-order valence-electron chi connectivity index (χ2n) is 3.17. The molecular weight excluding hydrogens is 222 g/mol. The first-order chi connectivity index (χ1) is 8.27. The Bertz CT molecular complexity index is 508. The summed E-state index contributed by atoms with van der Waals surface area (Å²) in [5, 5.41) is 6.08. The van der Waals surface area contributed by atoms with Gasteiger partial charge in [-0.1, -0.05) is 18.2 Å². The van der Waals surface area contributed by atoms with E-state index in [4.69, 9.17) is 0 Å². The third-order valence-corrected chi connectivity index (χ3v) is 2.01. The lowest BCUT2D eigenvalue weighted by molar-refractivity contribution is 0.0230. The molecule has 0 saturated heterocycles. The number of carbonyl (C=O) groups excluding carboxylic acids is 2. The van der Waals surface area contributed by atoms with Crippen molar-refractivity contribution in [3.8, 4) is 0 Å². The Morgan fingerprint density at radius 1 is 1.18 bits per heavy atom. The number of hydrogen-bond donors (Lipinski definition) is 2. The van der Waals surface area contributed by atoms with Crippen molar-refractivity contribution in [2.45, 2.75) is 0 Å². The van der Waals surface area contributed by atoms with Gasteiger partial charge in [0.2, 0.25) is 0 Å². The van der Waals surface area contributed by atoms with Gasteiger partial charge in [-0.15, -0.1) is 0 Å². The van der Waals surface area contributed by atoms with Gasteiger partial charge in [-0.05, 0) is 12.1 Å². The standard InChI is InChI=1S/C11H9N3O3/c15-10(9-6-12-13-7-9)14-17-11(16)8-4-2-1-3-5-8/h1-7H,(H,12,13)(H,14,15). The van der Waals surface area contributed by atoms with Crippen LogP contribution in [0.2, 0.25) is 0 Å². The zero-order valence-corrected chi connectivity index (χ0v) is 8.71. The Hall–Kier alpha value is -2.63. The maximum atomic E-state index is 11.5. The Kier molecular flexibility index (Phi) is 3.15. The minimum absolute atomic E-state index is 0.283. The summed E-state index contributed by atoms with van der Waals surface area (Å²) in [6, 6.07) is 8.36. The average molecular weight is 231 g/mol. The quantitative estimate of drug-likeness (QED) is 0.752. The zero-order valence-electron chi connectivity index (χ0n) is 8.71. The number of amides is 1. The first kappa shape index (κ1) is 10.9. The van der Waals surface area contributed by atoms with Crippen LogP contribution in [-0.2, 0) is 4.84 Å². The lowest BCUT2D eigenvalue weighted by Gasteiger charge is -2.03. The highest BCUT2D eigenvalue weighted by molar-refractivity contribution is 5.95. The Labute approximate surface area is 96.6 Å². The van der Waals surface area contributed by atoms with Gasteiger partial charge in [0.05, 0.1) is 17.3 Å². The molecule has 0 saturated carbocycles. The average Bonchev–Trinajstić information content (AvgIpc) is 2.90. The highest BCUT2D eigenvalue weighted by Gasteiger charge is 2.11. The summed E-state index contributed by atoms with van der Waals surface area (Å²) >= 11 is 0. The number of hydroxylamine groups is 1. The second-order valence-corrected chi connectivity index (χ2v) is 3.17. The highest BCUT2D eigenvalue weighted by atomic mass is 16.7. The van der Waals surface area contributed by atoms with E-state index in [9.17, 15) is 9.59 Å². The molecule has 0 fully saturated rings. The van der Waals surface area contributed by atoms with E-state index in [1.807, 2.05) is 5.48 Å². The molecule has 0 radical (unpaired) electrons. The minimum atomic E-state index is -0.623. The largest absolute Gasteiger partial charge is 0.362 e. The summed E-state index contributed by atoms with van der Waals surface area (Å²) in [7, 11) is 0. The summed E-state index contributed by atoms with van der Waals surface area (Å²) in [4.78, 5) is 27.5. The zero-order chi connectivity index (χ0) is 12.1. The van der Waals surface area contributed by atoms with Crippen molar-refractivity contribution < 1.29 is 14.4 Å². The van der Waals surface area contributed by atoms with Crippen LogP contribution < -0.4 is 5.48 Å². The predicted octanol–water partition coefficient (Wildman–Crippen LogP) is 0.911. The molecule has 1 aromatic carbocycles. The smallest absolute Gasteiger partial charge is 0.335 e. The first-order valence-electron chi connectivity index (χ1n) is 4.83. The molecule has 0 bridgehead atoms. The fourth-order valence-electron chi connectivity index (χ4n) is 1.16. The van der Waals surface area contributed by atoms with Crippen LogP contribution in [0.5, 0.6) is 0 Å². The normalized spacial score (nSPS) is 9.65. The molecular formula is C11H9N3O3. The van der Waals surface area contributed by atoms with Crippen LogP contribution in [0.15, 0.2) is 42.7 Å². The van der Waals surface area contributed by atoms with Gasteiger partial charge in [0.25, 0.3) is 5.91 Å². The topological polar surface area (TPSA) is 84.1 Å². The third-order valence-electron chi connectivity index (χ3n) is 2.01. The number of H-pyrrole nitrogens is 1. The van der Waals surface area contributed by atoms with Crippen LogP contribution in [0, 0.1) is 0 Å². The lowest BCUT2D eigenvalue weighted by Crippen LogP contribution is -2.26.